The van der Waals surface area contributed by atoms with Crippen molar-refractivity contribution in [3.8, 4) is 0 Å². The van der Waals surface area contributed by atoms with E-state index >= 15 is 0 Å². The number of rotatable bonds is 3. The number of para-hydroxylation sites is 1. The number of benzene rings is 1. The number of piperidine rings is 1. The number of hydrogen-bond donors (Lipinski definition) is 3. The van der Waals surface area contributed by atoms with Crippen LogP contribution in [0.2, 0.25) is 0 Å². The molecule has 24 heavy (non-hydrogen) atoms. The topological polar surface area (TPSA) is 96.1 Å². The molecule has 2 atom stereocenters. The highest BCUT2D eigenvalue weighted by molar-refractivity contribution is 6.03. The van der Waals surface area contributed by atoms with E-state index in [4.69, 9.17) is 4.74 Å². The van der Waals surface area contributed by atoms with Gasteiger partial charge in [0.25, 0.3) is 0 Å². The molecule has 1 aliphatic rings. The molecule has 1 amide bonds. The van der Waals surface area contributed by atoms with Crippen LogP contribution in [0, 0.1) is 5.92 Å². The van der Waals surface area contributed by atoms with E-state index in [0.717, 1.165) is 19.4 Å². The molecule has 0 unspecified atom stereocenters. The fourth-order valence-electron chi connectivity index (χ4n) is 2.95. The number of H-pyrrole nitrogens is 1. The maximum absolute atomic E-state index is 12.4. The monoisotopic (exact) mass is 352 g/mol. The van der Waals surface area contributed by atoms with Crippen molar-refractivity contribution in [2.24, 2.45) is 5.92 Å². The zero-order valence-electron chi connectivity index (χ0n) is 13.6. The lowest BCUT2D eigenvalue weighted by Crippen LogP contribution is -2.40. The summed E-state index contributed by atoms with van der Waals surface area (Å²) in [4.78, 5) is 31.5. The third-order valence-electron chi connectivity index (χ3n) is 4.15. The normalized spacial score (nSPS) is 20.2. The number of ether oxygens (including phenoxy) is 1. The molecule has 0 aliphatic carbocycles. The standard InChI is InChI=1S/C16H20N4O3.ClH/c1-9-8-10(6-7-17-9)14(21)20-16-18-12-5-3-4-11(13(12)19-16)15(22)23-2;/h3-5,9-10,17H,6-8H2,1-2H3,(H2,18,19,20,21);1H/t9-,10-;/m0./s1. The second kappa shape index (κ2) is 7.63. The zero-order chi connectivity index (χ0) is 16.4. The summed E-state index contributed by atoms with van der Waals surface area (Å²) in [6.45, 7) is 2.91. The van der Waals surface area contributed by atoms with E-state index in [1.165, 1.54) is 7.11 Å². The summed E-state index contributed by atoms with van der Waals surface area (Å²) in [7, 11) is 1.33. The largest absolute Gasteiger partial charge is 0.465 e. The number of carbonyl (C=O) groups excluding carboxylic acids is 2. The minimum absolute atomic E-state index is 0. The number of nitrogens with zero attached hydrogens (tertiary/aromatic N) is 1. The molecule has 1 aliphatic heterocycles. The van der Waals surface area contributed by atoms with Gasteiger partial charge >= 0.3 is 5.97 Å². The molecule has 0 spiro atoms. The summed E-state index contributed by atoms with van der Waals surface area (Å²) in [6, 6.07) is 5.53. The van der Waals surface area contributed by atoms with Gasteiger partial charge in [-0.25, -0.2) is 9.78 Å². The molecule has 2 heterocycles. The molecular formula is C16H21ClN4O3. The van der Waals surface area contributed by atoms with Crippen molar-refractivity contribution in [2.45, 2.75) is 25.8 Å². The number of anilines is 1. The molecule has 0 radical (unpaired) electrons. The van der Waals surface area contributed by atoms with E-state index in [1.54, 1.807) is 18.2 Å². The van der Waals surface area contributed by atoms with Crippen molar-refractivity contribution in [2.75, 3.05) is 19.0 Å². The number of hydrogen-bond acceptors (Lipinski definition) is 5. The Morgan fingerprint density at radius 3 is 2.88 bits per heavy atom. The van der Waals surface area contributed by atoms with Crippen LogP contribution >= 0.6 is 12.4 Å². The Bertz CT molecular complexity index is 746. The Hall–Kier alpha value is -2.12. The average molecular weight is 353 g/mol. The highest BCUT2D eigenvalue weighted by atomic mass is 35.5. The number of methoxy groups -OCH3 is 1. The Morgan fingerprint density at radius 2 is 2.17 bits per heavy atom. The zero-order valence-corrected chi connectivity index (χ0v) is 14.4. The summed E-state index contributed by atoms with van der Waals surface area (Å²) in [5.41, 5.74) is 1.55. The van der Waals surface area contributed by atoms with Crippen LogP contribution in [0.5, 0.6) is 0 Å². The van der Waals surface area contributed by atoms with E-state index < -0.39 is 5.97 Å². The Labute approximate surface area is 146 Å². The van der Waals surface area contributed by atoms with Crippen molar-refractivity contribution >= 4 is 41.3 Å². The third kappa shape index (κ3) is 3.68. The van der Waals surface area contributed by atoms with Gasteiger partial charge in [-0.05, 0) is 38.4 Å². The number of aromatic amines is 1. The minimum Gasteiger partial charge on any atom is -0.465 e. The van der Waals surface area contributed by atoms with Gasteiger partial charge in [-0.15, -0.1) is 12.4 Å². The minimum atomic E-state index is -0.452. The number of amides is 1. The van der Waals surface area contributed by atoms with Crippen molar-refractivity contribution in [3.05, 3.63) is 23.8 Å². The van der Waals surface area contributed by atoms with Crippen LogP contribution in [0.15, 0.2) is 18.2 Å². The molecule has 3 rings (SSSR count). The van der Waals surface area contributed by atoms with Gasteiger partial charge < -0.3 is 15.0 Å². The lowest BCUT2D eigenvalue weighted by atomic mass is 9.92. The van der Waals surface area contributed by atoms with Crippen LogP contribution in [0.4, 0.5) is 5.95 Å². The van der Waals surface area contributed by atoms with Crippen LogP contribution < -0.4 is 10.6 Å². The summed E-state index contributed by atoms with van der Waals surface area (Å²) < 4.78 is 4.75. The first-order valence-electron chi connectivity index (χ1n) is 7.69. The highest BCUT2D eigenvalue weighted by Crippen LogP contribution is 2.21. The Kier molecular flexibility index (Phi) is 5.80. The van der Waals surface area contributed by atoms with Gasteiger partial charge in [-0.2, -0.15) is 0 Å². The number of aromatic nitrogens is 2. The number of fused-ring (bicyclic) bond motifs is 1. The number of halogens is 1. The van der Waals surface area contributed by atoms with Crippen LogP contribution in [-0.4, -0.2) is 41.5 Å². The summed E-state index contributed by atoms with van der Waals surface area (Å²) >= 11 is 0. The maximum Gasteiger partial charge on any atom is 0.340 e. The fourth-order valence-corrected chi connectivity index (χ4v) is 2.95. The van der Waals surface area contributed by atoms with Crippen molar-refractivity contribution in [3.63, 3.8) is 0 Å². The lowest BCUT2D eigenvalue weighted by molar-refractivity contribution is -0.120. The first-order chi connectivity index (χ1) is 11.1. The Morgan fingerprint density at radius 1 is 1.38 bits per heavy atom. The molecular weight excluding hydrogens is 332 g/mol. The van der Waals surface area contributed by atoms with E-state index in [1.807, 2.05) is 0 Å². The highest BCUT2D eigenvalue weighted by Gasteiger charge is 2.25. The van der Waals surface area contributed by atoms with Gasteiger partial charge in [0.15, 0.2) is 0 Å². The molecule has 7 nitrogen and oxygen atoms in total. The van der Waals surface area contributed by atoms with Crippen molar-refractivity contribution < 1.29 is 14.3 Å². The van der Waals surface area contributed by atoms with E-state index in [9.17, 15) is 9.59 Å². The van der Waals surface area contributed by atoms with Crippen molar-refractivity contribution in [1.29, 1.82) is 0 Å². The average Bonchev–Trinajstić information content (AvgIpc) is 2.96. The number of imidazole rings is 1. The molecule has 8 heteroatoms. The smallest absolute Gasteiger partial charge is 0.340 e. The van der Waals surface area contributed by atoms with Crippen LogP contribution in [0.1, 0.15) is 30.1 Å². The van der Waals surface area contributed by atoms with E-state index in [2.05, 4.69) is 27.5 Å². The number of nitrogens with one attached hydrogen (secondary N) is 3. The lowest BCUT2D eigenvalue weighted by Gasteiger charge is -2.26. The van der Waals surface area contributed by atoms with Gasteiger partial charge in [0, 0.05) is 12.0 Å². The molecule has 1 aromatic heterocycles. The molecule has 130 valence electrons. The molecule has 2 aromatic rings. The van der Waals surface area contributed by atoms with E-state index in [0.29, 0.717) is 28.6 Å². The first kappa shape index (κ1) is 18.2. The van der Waals surface area contributed by atoms with Gasteiger partial charge in [-0.1, -0.05) is 6.07 Å². The fraction of sp³-hybridized carbons (Fsp3) is 0.438. The Balaban J connectivity index is 0.00000208. The van der Waals surface area contributed by atoms with Gasteiger partial charge in [-0.3, -0.25) is 10.1 Å². The second-order valence-corrected chi connectivity index (χ2v) is 5.84. The summed E-state index contributed by atoms with van der Waals surface area (Å²) in [5, 5.41) is 6.14. The summed E-state index contributed by atoms with van der Waals surface area (Å²) in [5.74, 6) is -0.170. The second-order valence-electron chi connectivity index (χ2n) is 5.84. The van der Waals surface area contributed by atoms with E-state index in [-0.39, 0.29) is 24.2 Å². The van der Waals surface area contributed by atoms with Gasteiger partial charge in [0.2, 0.25) is 11.9 Å². The van der Waals surface area contributed by atoms with Crippen LogP contribution in [-0.2, 0) is 9.53 Å². The van der Waals surface area contributed by atoms with Crippen LogP contribution in [0.3, 0.4) is 0 Å². The molecule has 1 aromatic carbocycles. The summed E-state index contributed by atoms with van der Waals surface area (Å²) in [6.07, 6.45) is 1.61. The first-order valence-corrected chi connectivity index (χ1v) is 7.69. The number of carbonyl (C=O) groups is 2. The predicted molar refractivity (Wildman–Crippen MR) is 93.5 cm³/mol. The van der Waals surface area contributed by atoms with Gasteiger partial charge in [0.1, 0.15) is 5.52 Å². The molecule has 0 saturated carbocycles. The molecule has 3 N–H and O–H groups in total. The quantitative estimate of drug-likeness (QED) is 0.735. The predicted octanol–water partition coefficient (Wildman–Crippen LogP) is 2.10. The van der Waals surface area contributed by atoms with Crippen LogP contribution in [0.25, 0.3) is 11.0 Å². The third-order valence-corrected chi connectivity index (χ3v) is 4.15. The molecule has 1 saturated heterocycles. The number of esters is 1. The SMILES string of the molecule is COC(=O)c1cccc2[nH]c(NC(=O)[C@H]3CCN[C@@H](C)C3)nc12.Cl. The molecule has 1 fully saturated rings. The van der Waals surface area contributed by atoms with Gasteiger partial charge in [0.05, 0.1) is 18.2 Å². The maximum atomic E-state index is 12.4. The molecule has 0 bridgehead atoms. The van der Waals surface area contributed by atoms with Crippen molar-refractivity contribution in [1.82, 2.24) is 15.3 Å².